The Balaban J connectivity index is 0.000000762. The summed E-state index contributed by atoms with van der Waals surface area (Å²) in [5.74, 6) is -0.494. The quantitative estimate of drug-likeness (QED) is 0.226. The molecular formula is C30H48MgO8S2. The first kappa shape index (κ1) is 39.6. The summed E-state index contributed by atoms with van der Waals surface area (Å²) < 4.78 is 62.5. The first-order chi connectivity index (χ1) is 17.4. The minimum atomic E-state index is -4.10. The monoisotopic (exact) mass is 624 g/mol. The molecule has 2 rings (SSSR count). The van der Waals surface area contributed by atoms with Crippen molar-refractivity contribution in [3.63, 3.8) is 0 Å². The molecule has 0 unspecified atom stereocenters. The van der Waals surface area contributed by atoms with Gasteiger partial charge in [-0.15, -0.1) is 0 Å². The van der Waals surface area contributed by atoms with E-state index in [2.05, 4.69) is 0 Å². The summed E-state index contributed by atoms with van der Waals surface area (Å²) in [5.41, 5.74) is 2.43. The molecule has 0 saturated heterocycles. The normalized spacial score (nSPS) is 13.2. The Kier molecular flexibility index (Phi) is 12.7. The lowest BCUT2D eigenvalue weighted by molar-refractivity contribution is 0.421. The Labute approximate surface area is 263 Å². The Morgan fingerprint density at radius 3 is 0.780 bits per heavy atom. The molecule has 0 heterocycles. The lowest BCUT2D eigenvalue weighted by Crippen LogP contribution is -2.18. The molecule has 230 valence electrons. The number of benzene rings is 2. The Morgan fingerprint density at radius 1 is 0.488 bits per heavy atom. The van der Waals surface area contributed by atoms with Gasteiger partial charge in [0.15, 0.2) is 0 Å². The van der Waals surface area contributed by atoms with Crippen LogP contribution in [0.4, 0.5) is 0 Å². The molecule has 2 aromatic rings. The maximum Gasteiger partial charge on any atom is 0.269 e. The van der Waals surface area contributed by atoms with Gasteiger partial charge in [0.05, 0.1) is 0 Å². The number of hydrogen-bond donors (Lipinski definition) is 4. The van der Waals surface area contributed by atoms with Gasteiger partial charge in [-0.25, -0.2) is 0 Å². The van der Waals surface area contributed by atoms with Gasteiger partial charge in [-0.05, 0) is 55.0 Å². The predicted molar refractivity (Wildman–Crippen MR) is 167 cm³/mol. The average Bonchev–Trinajstić information content (AvgIpc) is 2.65. The molecule has 0 atom stereocenters. The molecule has 11 heteroatoms. The maximum absolute atomic E-state index is 11.1. The lowest BCUT2D eigenvalue weighted by atomic mass is 9.78. The van der Waals surface area contributed by atoms with E-state index in [4.69, 9.17) is 9.11 Å². The molecule has 4 N–H and O–H groups in total. The topological polar surface area (TPSA) is 149 Å². The van der Waals surface area contributed by atoms with Crippen molar-refractivity contribution in [2.24, 2.45) is 0 Å². The number of phenolic OH excluding ortho intramolecular Hbond substituents is 2. The van der Waals surface area contributed by atoms with Crippen LogP contribution in [0.3, 0.4) is 0 Å². The fraction of sp³-hybridized carbons (Fsp3) is 0.600. The van der Waals surface area contributed by atoms with Crippen LogP contribution in [0.2, 0.25) is 0 Å². The smallest absolute Gasteiger partial charge is 0.269 e. The van der Waals surface area contributed by atoms with Crippen LogP contribution in [-0.4, -0.2) is 59.2 Å². The summed E-state index contributed by atoms with van der Waals surface area (Å²) in [5, 5.41) is 20.9. The Morgan fingerprint density at radius 2 is 0.659 bits per heavy atom. The largest absolute Gasteiger partial charge is 0.507 e. The number of aromatic hydroxyl groups is 2. The van der Waals surface area contributed by atoms with Gasteiger partial charge in [0.2, 0.25) is 0 Å². The van der Waals surface area contributed by atoms with E-state index in [-0.39, 0.29) is 56.2 Å². The molecule has 0 fully saturated rings. The van der Waals surface area contributed by atoms with Crippen LogP contribution in [0, 0.1) is 0 Å². The van der Waals surface area contributed by atoms with Crippen molar-refractivity contribution >= 4 is 43.3 Å². The zero-order chi connectivity index (χ0) is 31.9. The molecule has 0 saturated carbocycles. The van der Waals surface area contributed by atoms with Gasteiger partial charge in [-0.3, -0.25) is 9.11 Å². The zero-order valence-corrected chi connectivity index (χ0v) is 29.7. The molecule has 0 aliphatic rings. The van der Waals surface area contributed by atoms with E-state index in [1.165, 1.54) is 0 Å². The Hall–Kier alpha value is -1.37. The van der Waals surface area contributed by atoms with E-state index in [9.17, 15) is 27.0 Å². The second-order valence-electron chi connectivity index (χ2n) is 14.5. The van der Waals surface area contributed by atoms with Gasteiger partial charge in [-0.2, -0.15) is 16.8 Å². The molecule has 0 aliphatic heterocycles. The van der Waals surface area contributed by atoms with E-state index in [0.29, 0.717) is 33.4 Å². The summed E-state index contributed by atoms with van der Waals surface area (Å²) in [7, 11) is -8.19. The van der Waals surface area contributed by atoms with Crippen LogP contribution in [-0.2, 0) is 53.4 Å². The van der Waals surface area contributed by atoms with E-state index in [1.807, 2.05) is 83.1 Å². The fourth-order valence-electron chi connectivity index (χ4n) is 4.26. The molecule has 0 spiro atoms. The van der Waals surface area contributed by atoms with Gasteiger partial charge in [-0.1, -0.05) is 107 Å². The molecule has 41 heavy (non-hydrogen) atoms. The van der Waals surface area contributed by atoms with Crippen molar-refractivity contribution in [1.82, 2.24) is 0 Å². The van der Waals surface area contributed by atoms with Crippen molar-refractivity contribution in [3.8, 4) is 11.5 Å². The molecule has 0 aliphatic carbocycles. The van der Waals surface area contributed by atoms with Crippen LogP contribution in [0.25, 0.3) is 0 Å². The summed E-state index contributed by atoms with van der Waals surface area (Å²) in [4.78, 5) is 0. The van der Waals surface area contributed by atoms with E-state index >= 15 is 0 Å². The van der Waals surface area contributed by atoms with E-state index < -0.39 is 31.7 Å². The van der Waals surface area contributed by atoms with Gasteiger partial charge in [0, 0.05) is 23.1 Å². The molecular weight excluding hydrogens is 577 g/mol. The van der Waals surface area contributed by atoms with Gasteiger partial charge in [0.1, 0.15) is 23.0 Å². The third-order valence-corrected chi connectivity index (χ3v) is 7.67. The van der Waals surface area contributed by atoms with E-state index in [0.717, 1.165) is 0 Å². The highest BCUT2D eigenvalue weighted by atomic mass is 32.2. The van der Waals surface area contributed by atoms with Gasteiger partial charge in [0.25, 0.3) is 20.2 Å². The summed E-state index contributed by atoms with van der Waals surface area (Å²) >= 11 is 0. The second-order valence-corrected chi connectivity index (χ2v) is 17.4. The van der Waals surface area contributed by atoms with Crippen molar-refractivity contribution in [3.05, 3.63) is 57.6 Å². The standard InChI is InChI=1S/2C15H24O4S.Mg/c2*1-14(2,3)11-7-10(9-20(17,18)19)8-12(13(11)16)15(4,5)6;/h2*7-8,16H,9H2,1-6H3,(H,17,18,19);. The molecule has 8 nitrogen and oxygen atoms in total. The van der Waals surface area contributed by atoms with Crippen molar-refractivity contribution < 1.29 is 36.2 Å². The minimum absolute atomic E-state index is 0. The maximum atomic E-state index is 11.1. The molecule has 0 bridgehead atoms. The molecule has 0 aromatic heterocycles. The highest BCUT2D eigenvalue weighted by molar-refractivity contribution is 7.85. The predicted octanol–water partition coefficient (Wildman–Crippen LogP) is 6.37. The van der Waals surface area contributed by atoms with Crippen molar-refractivity contribution in [1.29, 1.82) is 0 Å². The van der Waals surface area contributed by atoms with Gasteiger partial charge < -0.3 is 10.2 Å². The summed E-state index contributed by atoms with van der Waals surface area (Å²) in [6, 6.07) is 6.60. The number of phenols is 2. The van der Waals surface area contributed by atoms with Gasteiger partial charge >= 0.3 is 0 Å². The molecule has 2 aromatic carbocycles. The van der Waals surface area contributed by atoms with Crippen LogP contribution in [0.1, 0.15) is 116 Å². The second kappa shape index (κ2) is 13.1. The SMILES string of the molecule is CC(C)(C)c1cc(CS(=O)(=O)O)cc(C(C)(C)C)c1O.CC(C)(C)c1cc(CS(=O)(=O)O)cc(C(C)(C)C)c1O.[Mg]. The third kappa shape index (κ3) is 12.4. The minimum Gasteiger partial charge on any atom is -0.507 e. The van der Waals surface area contributed by atoms with Crippen LogP contribution in [0.15, 0.2) is 24.3 Å². The van der Waals surface area contributed by atoms with Crippen molar-refractivity contribution in [2.75, 3.05) is 0 Å². The van der Waals surface area contributed by atoms with E-state index in [1.54, 1.807) is 24.3 Å². The van der Waals surface area contributed by atoms with Crippen molar-refractivity contribution in [2.45, 2.75) is 116 Å². The first-order valence-electron chi connectivity index (χ1n) is 13.1. The summed E-state index contributed by atoms with van der Waals surface area (Å²) in [6.07, 6.45) is 0. The molecule has 0 amide bonds. The first-order valence-corrected chi connectivity index (χ1v) is 16.3. The van der Waals surface area contributed by atoms with Crippen LogP contribution >= 0.6 is 0 Å². The average molecular weight is 625 g/mol. The number of hydrogen-bond acceptors (Lipinski definition) is 6. The summed E-state index contributed by atoms with van der Waals surface area (Å²) in [6.45, 7) is 23.4. The zero-order valence-electron chi connectivity index (χ0n) is 26.7. The third-order valence-electron chi connectivity index (χ3n) is 6.27. The Bertz CT molecular complexity index is 1250. The van der Waals surface area contributed by atoms with Crippen LogP contribution in [0.5, 0.6) is 11.5 Å². The highest BCUT2D eigenvalue weighted by Gasteiger charge is 2.28. The fourth-order valence-corrected chi connectivity index (χ4v) is 5.44. The highest BCUT2D eigenvalue weighted by Crippen LogP contribution is 2.41. The number of rotatable bonds is 4. The van der Waals surface area contributed by atoms with Crippen LogP contribution < -0.4 is 0 Å². The lowest BCUT2D eigenvalue weighted by Gasteiger charge is -2.28. The molecule has 2 radical (unpaired) electrons.